The molecule has 1 unspecified atom stereocenters. The van der Waals surface area contributed by atoms with Crippen LogP contribution in [0.4, 0.5) is 0 Å². The van der Waals surface area contributed by atoms with E-state index in [0.717, 1.165) is 5.56 Å². The molecule has 88 valence electrons. The molecule has 3 N–H and O–H groups in total. The van der Waals surface area contributed by atoms with E-state index in [-0.39, 0.29) is 17.3 Å². The van der Waals surface area contributed by atoms with Crippen molar-refractivity contribution in [1.29, 1.82) is 0 Å². The van der Waals surface area contributed by atoms with E-state index in [2.05, 4.69) is 20.2 Å². The Bertz CT molecular complexity index is 551. The molecule has 0 amide bonds. The molecule has 17 heavy (non-hydrogen) atoms. The zero-order valence-electron chi connectivity index (χ0n) is 9.42. The summed E-state index contributed by atoms with van der Waals surface area (Å²) in [6.45, 7) is 1.89. The number of H-pyrrole nitrogens is 1. The average Bonchev–Trinajstić information content (AvgIpc) is 2.39. The Morgan fingerprint density at radius 2 is 2.06 bits per heavy atom. The lowest BCUT2D eigenvalue weighted by Crippen LogP contribution is -2.24. The lowest BCUT2D eigenvalue weighted by molar-refractivity contribution is 0.645. The molecule has 2 heterocycles. The van der Waals surface area contributed by atoms with Crippen molar-refractivity contribution in [2.24, 2.45) is 5.73 Å². The summed E-state index contributed by atoms with van der Waals surface area (Å²) >= 11 is 0. The Kier molecular flexibility index (Phi) is 3.24. The average molecular weight is 231 g/mol. The van der Waals surface area contributed by atoms with E-state index < -0.39 is 0 Å². The summed E-state index contributed by atoms with van der Waals surface area (Å²) in [4.78, 5) is 18.3. The summed E-state index contributed by atoms with van der Waals surface area (Å²) in [6, 6.07) is 3.12. The Morgan fingerprint density at radius 3 is 2.65 bits per heavy atom. The number of aromatic amines is 1. The second-order valence-electron chi connectivity index (χ2n) is 3.64. The van der Waals surface area contributed by atoms with Gasteiger partial charge in [0.1, 0.15) is 5.69 Å². The van der Waals surface area contributed by atoms with E-state index >= 15 is 0 Å². The number of nitrogens with zero attached hydrogens (tertiary/aromatic N) is 3. The van der Waals surface area contributed by atoms with Crippen LogP contribution in [0.3, 0.4) is 0 Å². The minimum absolute atomic E-state index is 0.269. The van der Waals surface area contributed by atoms with Crippen molar-refractivity contribution in [3.05, 3.63) is 40.6 Å². The number of nitrogens with one attached hydrogen (secondary N) is 1. The van der Waals surface area contributed by atoms with Crippen molar-refractivity contribution in [2.45, 2.75) is 19.4 Å². The maximum Gasteiger partial charge on any atom is 0.274 e. The van der Waals surface area contributed by atoms with Gasteiger partial charge in [-0.15, -0.1) is 10.2 Å². The van der Waals surface area contributed by atoms with Crippen molar-refractivity contribution in [2.75, 3.05) is 0 Å². The predicted octanol–water partition coefficient (Wildman–Crippen LogP) is 0.637. The highest BCUT2D eigenvalue weighted by Crippen LogP contribution is 2.11. The Hall–Kier alpha value is -2.08. The Balaban J connectivity index is 2.42. The number of nitrogens with two attached hydrogens (primary N) is 1. The third-order valence-corrected chi connectivity index (χ3v) is 2.47. The third kappa shape index (κ3) is 2.36. The van der Waals surface area contributed by atoms with E-state index in [9.17, 15) is 4.79 Å². The zero-order valence-corrected chi connectivity index (χ0v) is 9.42. The first kappa shape index (κ1) is 11.4. The molecule has 0 spiro atoms. The van der Waals surface area contributed by atoms with Crippen LogP contribution in [0.5, 0.6) is 0 Å². The molecular weight excluding hydrogens is 218 g/mol. The molecule has 6 heteroatoms. The molecule has 0 fully saturated rings. The first-order chi connectivity index (χ1) is 8.22. The van der Waals surface area contributed by atoms with Crippen LogP contribution in [0.25, 0.3) is 11.4 Å². The molecule has 0 saturated carbocycles. The van der Waals surface area contributed by atoms with Crippen molar-refractivity contribution >= 4 is 0 Å². The molecular formula is C11H13N5O. The first-order valence-electron chi connectivity index (χ1n) is 5.35. The van der Waals surface area contributed by atoms with Crippen molar-refractivity contribution in [3.8, 4) is 11.4 Å². The second kappa shape index (κ2) is 4.84. The van der Waals surface area contributed by atoms with Crippen molar-refractivity contribution in [3.63, 3.8) is 0 Å². The van der Waals surface area contributed by atoms with Crippen LogP contribution in [0, 0.1) is 0 Å². The predicted molar refractivity (Wildman–Crippen MR) is 63.1 cm³/mol. The fourth-order valence-corrected chi connectivity index (χ4v) is 1.42. The van der Waals surface area contributed by atoms with Gasteiger partial charge in [-0.05, 0) is 18.6 Å². The van der Waals surface area contributed by atoms with Gasteiger partial charge in [0.2, 0.25) is 0 Å². The first-order valence-corrected chi connectivity index (χ1v) is 5.35. The van der Waals surface area contributed by atoms with E-state index in [1.807, 2.05) is 6.92 Å². The monoisotopic (exact) mass is 231 g/mol. The standard InChI is InChI=1S/C11H13N5O/c1-2-8(12)9-11(17)14-10(16-15-9)7-3-5-13-6-4-7/h3-6,8H,2,12H2,1H3,(H,14,16,17). The summed E-state index contributed by atoms with van der Waals surface area (Å²) in [6.07, 6.45) is 3.90. The van der Waals surface area contributed by atoms with Crippen LogP contribution in [0.1, 0.15) is 25.1 Å². The topological polar surface area (TPSA) is 97.5 Å². The van der Waals surface area contributed by atoms with Crippen molar-refractivity contribution in [1.82, 2.24) is 20.2 Å². The second-order valence-corrected chi connectivity index (χ2v) is 3.64. The molecule has 0 radical (unpaired) electrons. The van der Waals surface area contributed by atoms with Crippen LogP contribution >= 0.6 is 0 Å². The van der Waals surface area contributed by atoms with Gasteiger partial charge >= 0.3 is 0 Å². The minimum Gasteiger partial charge on any atom is -0.322 e. The molecule has 2 aromatic rings. The Labute approximate surface area is 97.9 Å². The van der Waals surface area contributed by atoms with Crippen molar-refractivity contribution < 1.29 is 0 Å². The summed E-state index contributed by atoms with van der Waals surface area (Å²) in [7, 11) is 0. The van der Waals surface area contributed by atoms with Gasteiger partial charge in [0, 0.05) is 18.0 Å². The van der Waals surface area contributed by atoms with E-state index in [1.165, 1.54) is 0 Å². The minimum atomic E-state index is -0.377. The maximum absolute atomic E-state index is 11.8. The van der Waals surface area contributed by atoms with Gasteiger partial charge in [0.25, 0.3) is 5.56 Å². The summed E-state index contributed by atoms with van der Waals surface area (Å²) in [5.74, 6) is 0.421. The molecule has 2 rings (SSSR count). The van der Waals surface area contributed by atoms with Gasteiger partial charge in [0.05, 0.1) is 6.04 Å². The van der Waals surface area contributed by atoms with Gasteiger partial charge in [-0.1, -0.05) is 6.92 Å². The van der Waals surface area contributed by atoms with Gasteiger partial charge in [0.15, 0.2) is 5.82 Å². The Morgan fingerprint density at radius 1 is 1.35 bits per heavy atom. The molecule has 0 saturated heterocycles. The highest BCUT2D eigenvalue weighted by molar-refractivity contribution is 5.52. The van der Waals surface area contributed by atoms with Gasteiger partial charge < -0.3 is 10.7 Å². The van der Waals surface area contributed by atoms with E-state index in [0.29, 0.717) is 12.2 Å². The van der Waals surface area contributed by atoms with Crippen LogP contribution in [0.2, 0.25) is 0 Å². The zero-order chi connectivity index (χ0) is 12.3. The van der Waals surface area contributed by atoms with Crippen LogP contribution in [-0.4, -0.2) is 20.2 Å². The molecule has 0 aromatic carbocycles. The summed E-state index contributed by atoms with van der Waals surface area (Å²) < 4.78 is 0. The largest absolute Gasteiger partial charge is 0.322 e. The molecule has 0 aliphatic rings. The highest BCUT2D eigenvalue weighted by atomic mass is 16.1. The number of hydrogen-bond acceptors (Lipinski definition) is 5. The van der Waals surface area contributed by atoms with Crippen LogP contribution in [0.15, 0.2) is 29.3 Å². The molecule has 0 aliphatic heterocycles. The number of pyridine rings is 1. The summed E-state index contributed by atoms with van der Waals surface area (Å²) in [5, 5.41) is 7.85. The lowest BCUT2D eigenvalue weighted by atomic mass is 10.2. The molecule has 0 aliphatic carbocycles. The summed E-state index contributed by atoms with van der Waals surface area (Å²) in [5.41, 5.74) is 6.49. The van der Waals surface area contributed by atoms with Crippen LogP contribution in [-0.2, 0) is 0 Å². The number of aromatic nitrogens is 4. The number of hydrogen-bond donors (Lipinski definition) is 2. The fraction of sp³-hybridized carbons (Fsp3) is 0.273. The quantitative estimate of drug-likeness (QED) is 0.807. The molecule has 0 bridgehead atoms. The third-order valence-electron chi connectivity index (χ3n) is 2.47. The van der Waals surface area contributed by atoms with E-state index in [1.54, 1.807) is 24.5 Å². The SMILES string of the molecule is CCC(N)c1nnc(-c2ccncc2)[nH]c1=O. The maximum atomic E-state index is 11.8. The molecule has 2 aromatic heterocycles. The smallest absolute Gasteiger partial charge is 0.274 e. The fourth-order valence-electron chi connectivity index (χ4n) is 1.42. The molecule has 6 nitrogen and oxygen atoms in total. The van der Waals surface area contributed by atoms with E-state index in [4.69, 9.17) is 5.73 Å². The van der Waals surface area contributed by atoms with Gasteiger partial charge in [-0.3, -0.25) is 9.78 Å². The normalized spacial score (nSPS) is 12.4. The number of rotatable bonds is 3. The van der Waals surface area contributed by atoms with Gasteiger partial charge in [-0.2, -0.15) is 0 Å². The van der Waals surface area contributed by atoms with Crippen LogP contribution < -0.4 is 11.3 Å². The molecule has 1 atom stereocenters. The lowest BCUT2D eigenvalue weighted by Gasteiger charge is -2.06. The highest BCUT2D eigenvalue weighted by Gasteiger charge is 2.12. The van der Waals surface area contributed by atoms with Gasteiger partial charge in [-0.25, -0.2) is 0 Å².